The van der Waals surface area contributed by atoms with Crippen LogP contribution in [0.4, 0.5) is 0 Å². The zero-order valence-corrected chi connectivity index (χ0v) is 9.27. The average Bonchev–Trinajstić information content (AvgIpc) is 2.18. The van der Waals surface area contributed by atoms with Crippen LogP contribution in [0, 0.1) is 0 Å². The minimum absolute atomic E-state index is 0.193. The number of ether oxygens (including phenoxy) is 1. The minimum atomic E-state index is 0.193. The van der Waals surface area contributed by atoms with E-state index in [0.717, 1.165) is 5.56 Å². The zero-order valence-electron chi connectivity index (χ0n) is 9.27. The first-order valence-corrected chi connectivity index (χ1v) is 5.20. The van der Waals surface area contributed by atoms with E-state index in [1.165, 1.54) is 0 Å². The SMILES string of the molecule is CC(C)OCCC(=O)Cc1ccncc1. The third-order valence-electron chi connectivity index (χ3n) is 1.98. The van der Waals surface area contributed by atoms with E-state index in [0.29, 0.717) is 19.4 Å². The molecule has 0 aliphatic rings. The van der Waals surface area contributed by atoms with Gasteiger partial charge in [-0.05, 0) is 31.5 Å². The maximum absolute atomic E-state index is 11.5. The van der Waals surface area contributed by atoms with Crippen molar-refractivity contribution in [3.63, 3.8) is 0 Å². The smallest absolute Gasteiger partial charge is 0.139 e. The molecule has 0 aliphatic carbocycles. The number of hydrogen-bond acceptors (Lipinski definition) is 3. The standard InChI is InChI=1S/C12H17NO2/c1-10(2)15-8-5-12(14)9-11-3-6-13-7-4-11/h3-4,6-7,10H,5,8-9H2,1-2H3. The highest BCUT2D eigenvalue weighted by Crippen LogP contribution is 2.01. The van der Waals surface area contributed by atoms with Crippen molar-refractivity contribution in [3.05, 3.63) is 30.1 Å². The lowest BCUT2D eigenvalue weighted by Gasteiger charge is -2.06. The van der Waals surface area contributed by atoms with Crippen LogP contribution in [-0.2, 0) is 16.0 Å². The molecule has 15 heavy (non-hydrogen) atoms. The largest absolute Gasteiger partial charge is 0.378 e. The molecule has 0 saturated heterocycles. The molecule has 1 aromatic rings. The molecule has 0 atom stereocenters. The molecule has 1 rings (SSSR count). The van der Waals surface area contributed by atoms with E-state index in [2.05, 4.69) is 4.98 Å². The molecule has 1 heterocycles. The van der Waals surface area contributed by atoms with Gasteiger partial charge in [0.2, 0.25) is 0 Å². The number of ketones is 1. The molecule has 3 heteroatoms. The van der Waals surface area contributed by atoms with Gasteiger partial charge in [-0.2, -0.15) is 0 Å². The number of carbonyl (C=O) groups is 1. The van der Waals surface area contributed by atoms with Crippen LogP contribution in [0.5, 0.6) is 0 Å². The lowest BCUT2D eigenvalue weighted by Crippen LogP contribution is -2.10. The minimum Gasteiger partial charge on any atom is -0.378 e. The predicted octanol–water partition coefficient (Wildman–Crippen LogP) is 2.01. The summed E-state index contributed by atoms with van der Waals surface area (Å²) in [7, 11) is 0. The van der Waals surface area contributed by atoms with Gasteiger partial charge in [0, 0.05) is 25.2 Å². The Labute approximate surface area is 90.5 Å². The average molecular weight is 207 g/mol. The number of aromatic nitrogens is 1. The summed E-state index contributed by atoms with van der Waals surface area (Å²) >= 11 is 0. The highest BCUT2D eigenvalue weighted by atomic mass is 16.5. The van der Waals surface area contributed by atoms with Gasteiger partial charge in [-0.25, -0.2) is 0 Å². The molecular weight excluding hydrogens is 190 g/mol. The Morgan fingerprint density at radius 3 is 2.67 bits per heavy atom. The molecule has 0 radical (unpaired) electrons. The molecule has 82 valence electrons. The van der Waals surface area contributed by atoms with E-state index < -0.39 is 0 Å². The van der Waals surface area contributed by atoms with Gasteiger partial charge in [-0.3, -0.25) is 9.78 Å². The van der Waals surface area contributed by atoms with E-state index in [9.17, 15) is 4.79 Å². The second-order valence-electron chi connectivity index (χ2n) is 3.74. The molecule has 0 aromatic carbocycles. The predicted molar refractivity (Wildman–Crippen MR) is 58.7 cm³/mol. The number of hydrogen-bond donors (Lipinski definition) is 0. The van der Waals surface area contributed by atoms with Crippen LogP contribution in [-0.4, -0.2) is 23.5 Å². The molecule has 1 aromatic heterocycles. The normalized spacial score (nSPS) is 10.6. The van der Waals surface area contributed by atoms with Crippen LogP contribution in [0.1, 0.15) is 25.8 Å². The summed E-state index contributed by atoms with van der Waals surface area (Å²) in [5, 5.41) is 0. The van der Waals surface area contributed by atoms with Crippen molar-refractivity contribution in [2.75, 3.05) is 6.61 Å². The van der Waals surface area contributed by atoms with Gasteiger partial charge in [0.1, 0.15) is 5.78 Å². The monoisotopic (exact) mass is 207 g/mol. The van der Waals surface area contributed by atoms with Crippen LogP contribution < -0.4 is 0 Å². The third kappa shape index (κ3) is 5.27. The quantitative estimate of drug-likeness (QED) is 0.716. The summed E-state index contributed by atoms with van der Waals surface area (Å²) < 4.78 is 5.32. The number of carbonyl (C=O) groups excluding carboxylic acids is 1. The molecule has 0 N–H and O–H groups in total. The Balaban J connectivity index is 2.25. The van der Waals surface area contributed by atoms with Crippen LogP contribution in [0.15, 0.2) is 24.5 Å². The summed E-state index contributed by atoms with van der Waals surface area (Å²) in [6, 6.07) is 3.72. The topological polar surface area (TPSA) is 39.2 Å². The van der Waals surface area contributed by atoms with Crippen LogP contribution in [0.3, 0.4) is 0 Å². The summed E-state index contributed by atoms with van der Waals surface area (Å²) in [5.41, 5.74) is 1.01. The van der Waals surface area contributed by atoms with Crippen molar-refractivity contribution in [1.82, 2.24) is 4.98 Å². The first kappa shape index (κ1) is 11.9. The fourth-order valence-electron chi connectivity index (χ4n) is 1.23. The molecule has 0 aliphatic heterocycles. The summed E-state index contributed by atoms with van der Waals surface area (Å²) in [6.07, 6.45) is 4.56. The van der Waals surface area contributed by atoms with Crippen molar-refractivity contribution in [2.45, 2.75) is 32.8 Å². The fraction of sp³-hybridized carbons (Fsp3) is 0.500. The zero-order chi connectivity index (χ0) is 11.1. The second kappa shape index (κ2) is 6.30. The molecule has 3 nitrogen and oxygen atoms in total. The van der Waals surface area contributed by atoms with E-state index in [1.54, 1.807) is 12.4 Å². The first-order chi connectivity index (χ1) is 7.18. The van der Waals surface area contributed by atoms with Gasteiger partial charge in [-0.1, -0.05) is 0 Å². The number of nitrogens with zero attached hydrogens (tertiary/aromatic N) is 1. The lowest BCUT2D eigenvalue weighted by atomic mass is 10.1. The summed E-state index contributed by atoms with van der Waals surface area (Å²) in [4.78, 5) is 15.4. The Kier molecular flexibility index (Phi) is 4.98. The van der Waals surface area contributed by atoms with Crippen LogP contribution in [0.25, 0.3) is 0 Å². The fourth-order valence-corrected chi connectivity index (χ4v) is 1.23. The van der Waals surface area contributed by atoms with E-state index in [1.807, 2.05) is 26.0 Å². The van der Waals surface area contributed by atoms with Crippen molar-refractivity contribution >= 4 is 5.78 Å². The maximum Gasteiger partial charge on any atom is 0.139 e. The Bertz CT molecular complexity index is 296. The molecule has 0 fully saturated rings. The highest BCUT2D eigenvalue weighted by Gasteiger charge is 2.04. The molecule has 0 spiro atoms. The third-order valence-corrected chi connectivity index (χ3v) is 1.98. The Hall–Kier alpha value is -1.22. The lowest BCUT2D eigenvalue weighted by molar-refractivity contribution is -0.119. The van der Waals surface area contributed by atoms with Crippen molar-refractivity contribution in [1.29, 1.82) is 0 Å². The molecule has 0 unspecified atom stereocenters. The summed E-state index contributed by atoms with van der Waals surface area (Å²) in [5.74, 6) is 0.210. The van der Waals surface area contributed by atoms with Gasteiger partial charge in [0.25, 0.3) is 0 Å². The van der Waals surface area contributed by atoms with Crippen molar-refractivity contribution in [2.24, 2.45) is 0 Å². The van der Waals surface area contributed by atoms with Crippen molar-refractivity contribution < 1.29 is 9.53 Å². The summed E-state index contributed by atoms with van der Waals surface area (Å²) in [6.45, 7) is 4.45. The first-order valence-electron chi connectivity index (χ1n) is 5.20. The van der Waals surface area contributed by atoms with Crippen LogP contribution in [0.2, 0.25) is 0 Å². The van der Waals surface area contributed by atoms with Crippen molar-refractivity contribution in [3.8, 4) is 0 Å². The number of rotatable bonds is 6. The van der Waals surface area contributed by atoms with Crippen LogP contribution >= 0.6 is 0 Å². The highest BCUT2D eigenvalue weighted by molar-refractivity contribution is 5.80. The Morgan fingerprint density at radius 1 is 1.40 bits per heavy atom. The Morgan fingerprint density at radius 2 is 2.07 bits per heavy atom. The van der Waals surface area contributed by atoms with Gasteiger partial charge in [0.05, 0.1) is 12.7 Å². The van der Waals surface area contributed by atoms with E-state index in [-0.39, 0.29) is 11.9 Å². The molecule has 0 bridgehead atoms. The van der Waals surface area contributed by atoms with Gasteiger partial charge < -0.3 is 4.74 Å². The number of pyridine rings is 1. The molecular formula is C12H17NO2. The maximum atomic E-state index is 11.5. The number of Topliss-reactive ketones (excluding diaryl/α,β-unsaturated/α-hetero) is 1. The van der Waals surface area contributed by atoms with Gasteiger partial charge in [-0.15, -0.1) is 0 Å². The van der Waals surface area contributed by atoms with Gasteiger partial charge in [0.15, 0.2) is 0 Å². The van der Waals surface area contributed by atoms with E-state index >= 15 is 0 Å². The van der Waals surface area contributed by atoms with Gasteiger partial charge >= 0.3 is 0 Å². The molecule has 0 saturated carbocycles. The molecule has 0 amide bonds. The second-order valence-corrected chi connectivity index (χ2v) is 3.74. The van der Waals surface area contributed by atoms with E-state index in [4.69, 9.17) is 4.74 Å².